The fourth-order valence-corrected chi connectivity index (χ4v) is 1.09. The van der Waals surface area contributed by atoms with Crippen LogP contribution in [0.2, 0.25) is 10.3 Å². The Morgan fingerprint density at radius 3 is 2.75 bits per heavy atom. The Bertz CT molecular complexity index is 431. The van der Waals surface area contributed by atoms with Crippen LogP contribution in [-0.2, 0) is 0 Å². The van der Waals surface area contributed by atoms with Gasteiger partial charge in [-0.2, -0.15) is 0 Å². The zero-order valence-corrected chi connectivity index (χ0v) is 7.21. The van der Waals surface area contributed by atoms with E-state index in [4.69, 9.17) is 23.2 Å². The van der Waals surface area contributed by atoms with Crippen LogP contribution in [0.15, 0.2) is 12.5 Å². The van der Waals surface area contributed by atoms with Crippen molar-refractivity contribution in [1.29, 1.82) is 0 Å². The molecule has 0 unspecified atom stereocenters. The van der Waals surface area contributed by atoms with Gasteiger partial charge >= 0.3 is 0 Å². The average Bonchev–Trinajstić information content (AvgIpc) is 2.07. The largest absolute Gasteiger partial charge is 0.232 e. The second-order valence-electron chi connectivity index (χ2n) is 2.03. The van der Waals surface area contributed by atoms with Gasteiger partial charge in [0.05, 0.1) is 6.20 Å². The maximum atomic E-state index is 5.72. The minimum Gasteiger partial charge on any atom is -0.232 e. The molecule has 0 saturated carbocycles. The molecule has 0 aromatic carbocycles. The predicted molar refractivity (Wildman–Crippen MR) is 45.1 cm³/mol. The molecule has 4 nitrogen and oxygen atoms in total. The maximum Gasteiger partial charge on any atom is 0.182 e. The van der Waals surface area contributed by atoms with Crippen LogP contribution in [0.5, 0.6) is 0 Å². The van der Waals surface area contributed by atoms with E-state index in [-0.39, 0.29) is 10.3 Å². The Hall–Kier alpha value is -1.00. The quantitative estimate of drug-likeness (QED) is 0.609. The summed E-state index contributed by atoms with van der Waals surface area (Å²) in [5, 5.41) is 0.536. The van der Waals surface area contributed by atoms with E-state index in [1.54, 1.807) is 0 Å². The first-order chi connectivity index (χ1) is 5.77. The number of rotatable bonds is 0. The van der Waals surface area contributed by atoms with Crippen molar-refractivity contribution >= 4 is 34.4 Å². The molecule has 0 bridgehead atoms. The molecule has 12 heavy (non-hydrogen) atoms. The van der Waals surface area contributed by atoms with Crippen LogP contribution in [0, 0.1) is 0 Å². The highest BCUT2D eigenvalue weighted by Gasteiger charge is 2.03. The summed E-state index contributed by atoms with van der Waals surface area (Å²) >= 11 is 11.3. The van der Waals surface area contributed by atoms with E-state index in [0.29, 0.717) is 11.2 Å². The molecule has 0 saturated heterocycles. The normalized spacial score (nSPS) is 10.5. The lowest BCUT2D eigenvalue weighted by molar-refractivity contribution is 1.15. The van der Waals surface area contributed by atoms with E-state index in [2.05, 4.69) is 19.9 Å². The highest BCUT2D eigenvalue weighted by molar-refractivity contribution is 6.34. The molecule has 6 heteroatoms. The van der Waals surface area contributed by atoms with Gasteiger partial charge in [-0.3, -0.25) is 0 Å². The minimum atomic E-state index is 0.259. The number of fused-ring (bicyclic) bond motifs is 1. The standard InChI is InChI=1S/C6H2Cl2N4/c7-3-1-9-6-4(12-3)5(8)10-2-11-6/h1-2H. The van der Waals surface area contributed by atoms with Crippen molar-refractivity contribution < 1.29 is 0 Å². The molecule has 2 aromatic heterocycles. The molecule has 0 N–H and O–H groups in total. The maximum absolute atomic E-state index is 5.72. The Morgan fingerprint density at radius 2 is 1.92 bits per heavy atom. The monoisotopic (exact) mass is 200 g/mol. The third-order valence-corrected chi connectivity index (χ3v) is 1.73. The summed E-state index contributed by atoms with van der Waals surface area (Å²) in [5.41, 5.74) is 0.867. The van der Waals surface area contributed by atoms with Crippen molar-refractivity contribution in [2.75, 3.05) is 0 Å². The van der Waals surface area contributed by atoms with E-state index >= 15 is 0 Å². The van der Waals surface area contributed by atoms with Gasteiger partial charge in [-0.15, -0.1) is 0 Å². The molecule has 0 fully saturated rings. The Labute approximate surface area is 77.6 Å². The van der Waals surface area contributed by atoms with Crippen molar-refractivity contribution in [3.05, 3.63) is 22.8 Å². The number of hydrogen-bond acceptors (Lipinski definition) is 4. The third-order valence-electron chi connectivity index (χ3n) is 1.27. The first-order valence-corrected chi connectivity index (χ1v) is 3.82. The van der Waals surface area contributed by atoms with Crippen LogP contribution in [0.4, 0.5) is 0 Å². The summed E-state index contributed by atoms with van der Waals surface area (Å²) in [6, 6.07) is 0. The summed E-state index contributed by atoms with van der Waals surface area (Å²) in [7, 11) is 0. The minimum absolute atomic E-state index is 0.259. The van der Waals surface area contributed by atoms with Gasteiger partial charge < -0.3 is 0 Å². The van der Waals surface area contributed by atoms with E-state index in [0.717, 1.165) is 0 Å². The smallest absolute Gasteiger partial charge is 0.182 e. The molecule has 0 atom stereocenters. The zero-order chi connectivity index (χ0) is 8.55. The zero-order valence-electron chi connectivity index (χ0n) is 5.70. The Kier molecular flexibility index (Phi) is 1.78. The van der Waals surface area contributed by atoms with Crippen LogP contribution in [0.25, 0.3) is 11.2 Å². The van der Waals surface area contributed by atoms with E-state index < -0.39 is 0 Å². The third kappa shape index (κ3) is 1.19. The van der Waals surface area contributed by atoms with Gasteiger partial charge in [0.25, 0.3) is 0 Å². The van der Waals surface area contributed by atoms with Gasteiger partial charge in [0.2, 0.25) is 0 Å². The molecule has 2 heterocycles. The highest BCUT2D eigenvalue weighted by atomic mass is 35.5. The fourth-order valence-electron chi connectivity index (χ4n) is 0.789. The van der Waals surface area contributed by atoms with Gasteiger partial charge in [-0.1, -0.05) is 23.2 Å². The lowest BCUT2D eigenvalue weighted by atomic mass is 10.5. The van der Waals surface area contributed by atoms with Gasteiger partial charge in [0, 0.05) is 0 Å². The van der Waals surface area contributed by atoms with Gasteiger partial charge in [0.1, 0.15) is 17.0 Å². The molecule has 0 aliphatic carbocycles. The summed E-state index contributed by atoms with van der Waals surface area (Å²) in [5.74, 6) is 0. The molecule has 0 aliphatic rings. The van der Waals surface area contributed by atoms with Crippen LogP contribution >= 0.6 is 23.2 Å². The van der Waals surface area contributed by atoms with E-state index in [1.807, 2.05) is 0 Å². The van der Waals surface area contributed by atoms with Crippen LogP contribution < -0.4 is 0 Å². The second kappa shape index (κ2) is 2.80. The van der Waals surface area contributed by atoms with Crippen molar-refractivity contribution in [2.45, 2.75) is 0 Å². The number of aromatic nitrogens is 4. The van der Waals surface area contributed by atoms with Gasteiger partial charge in [-0.05, 0) is 0 Å². The molecule has 2 aromatic rings. The molecular weight excluding hydrogens is 199 g/mol. The fraction of sp³-hybridized carbons (Fsp3) is 0. The SMILES string of the molecule is Clc1cnc2ncnc(Cl)c2n1. The van der Waals surface area contributed by atoms with Crippen molar-refractivity contribution in [3.8, 4) is 0 Å². The summed E-state index contributed by atoms with van der Waals surface area (Å²) in [6.07, 6.45) is 2.74. The van der Waals surface area contributed by atoms with Crippen LogP contribution in [0.3, 0.4) is 0 Å². The molecular formula is C6H2Cl2N4. The topological polar surface area (TPSA) is 51.6 Å². The number of nitrogens with zero attached hydrogens (tertiary/aromatic N) is 4. The second-order valence-corrected chi connectivity index (χ2v) is 2.77. The molecule has 60 valence electrons. The molecule has 0 amide bonds. The molecule has 0 aliphatic heterocycles. The number of hydrogen-bond donors (Lipinski definition) is 0. The van der Waals surface area contributed by atoms with Crippen LogP contribution in [0.1, 0.15) is 0 Å². The average molecular weight is 201 g/mol. The first-order valence-electron chi connectivity index (χ1n) is 3.06. The van der Waals surface area contributed by atoms with Gasteiger partial charge in [0.15, 0.2) is 10.8 Å². The lowest BCUT2D eigenvalue weighted by Crippen LogP contribution is -1.90. The predicted octanol–water partition coefficient (Wildman–Crippen LogP) is 1.73. The van der Waals surface area contributed by atoms with E-state index in [1.165, 1.54) is 12.5 Å². The lowest BCUT2D eigenvalue weighted by Gasteiger charge is -1.95. The van der Waals surface area contributed by atoms with Crippen molar-refractivity contribution in [2.24, 2.45) is 0 Å². The number of halogens is 2. The molecule has 0 spiro atoms. The van der Waals surface area contributed by atoms with E-state index in [9.17, 15) is 0 Å². The molecule has 2 rings (SSSR count). The highest BCUT2D eigenvalue weighted by Crippen LogP contribution is 2.16. The summed E-state index contributed by atoms with van der Waals surface area (Å²) < 4.78 is 0. The summed E-state index contributed by atoms with van der Waals surface area (Å²) in [6.45, 7) is 0. The summed E-state index contributed by atoms with van der Waals surface area (Å²) in [4.78, 5) is 15.4. The first kappa shape index (κ1) is 7.64. The molecule has 0 radical (unpaired) electrons. The Balaban J connectivity index is 2.88. The van der Waals surface area contributed by atoms with Crippen molar-refractivity contribution in [3.63, 3.8) is 0 Å². The van der Waals surface area contributed by atoms with Gasteiger partial charge in [-0.25, -0.2) is 19.9 Å². The van der Waals surface area contributed by atoms with Crippen LogP contribution in [-0.4, -0.2) is 19.9 Å². The van der Waals surface area contributed by atoms with Crippen molar-refractivity contribution in [1.82, 2.24) is 19.9 Å². The Morgan fingerprint density at radius 1 is 1.08 bits per heavy atom.